The van der Waals surface area contributed by atoms with Crippen molar-refractivity contribution in [3.8, 4) is 17.0 Å². The molecule has 2 aliphatic heterocycles. The van der Waals surface area contributed by atoms with E-state index in [4.69, 9.17) is 4.74 Å². The molecule has 0 spiro atoms. The van der Waals surface area contributed by atoms with Gasteiger partial charge >= 0.3 is 0 Å². The van der Waals surface area contributed by atoms with E-state index in [-0.39, 0.29) is 18.4 Å². The number of ether oxygens (including phenoxy) is 1. The molecule has 0 bridgehead atoms. The van der Waals surface area contributed by atoms with Gasteiger partial charge in [-0.15, -0.1) is 5.10 Å². The minimum Gasteiger partial charge on any atom is -0.479 e. The Hall–Kier alpha value is -3.14. The Bertz CT molecular complexity index is 1280. The predicted octanol–water partition coefficient (Wildman–Crippen LogP) is 5.48. The fourth-order valence-corrected chi connectivity index (χ4v) is 5.27. The number of methoxy groups -OCH3 is 1. The number of rotatable bonds is 7. The first-order valence-corrected chi connectivity index (χ1v) is 12.3. The molecule has 1 fully saturated rings. The molecule has 36 heavy (non-hydrogen) atoms. The van der Waals surface area contributed by atoms with E-state index in [1.54, 1.807) is 11.6 Å². The number of anilines is 1. The van der Waals surface area contributed by atoms with Crippen molar-refractivity contribution >= 4 is 22.9 Å². The number of hydrogen-bond acceptors (Lipinski definition) is 6. The average Bonchev–Trinajstić information content (AvgIpc) is 3.27. The summed E-state index contributed by atoms with van der Waals surface area (Å²) in [4.78, 5) is 11.2. The van der Waals surface area contributed by atoms with Crippen molar-refractivity contribution in [3.63, 3.8) is 0 Å². The van der Waals surface area contributed by atoms with Crippen molar-refractivity contribution in [1.29, 1.82) is 0 Å². The van der Waals surface area contributed by atoms with Gasteiger partial charge in [-0.25, -0.2) is 17.7 Å². The second-order valence-electron chi connectivity index (χ2n) is 9.78. The number of benzene rings is 1. The van der Waals surface area contributed by atoms with Gasteiger partial charge in [-0.05, 0) is 68.5 Å². The standard InChI is InChI=1S/C26H31F3N6O/c1-15-12-16(5-7-23(28)29)19-13-17(4-6-21(19)30-15)18-8-11-35-24(18)25(36-3)32-26(33-35)31-22-9-10-34(2)14-20(22)27/h4,6,8,11,13,16,20,22-23H,5,7,9-10,12,14H2,1-3H3,(H,31,33)/t16-,20+,22-/m1/s1. The number of halogens is 3. The third-order valence-corrected chi connectivity index (χ3v) is 7.10. The highest BCUT2D eigenvalue weighted by Crippen LogP contribution is 2.41. The van der Waals surface area contributed by atoms with Gasteiger partial charge in [-0.3, -0.25) is 4.99 Å². The van der Waals surface area contributed by atoms with Crippen LogP contribution in [0.3, 0.4) is 0 Å². The average molecular weight is 501 g/mol. The molecule has 1 saturated heterocycles. The lowest BCUT2D eigenvalue weighted by Gasteiger charge is -2.32. The largest absolute Gasteiger partial charge is 0.479 e. The summed E-state index contributed by atoms with van der Waals surface area (Å²) in [6, 6.07) is 7.51. The fourth-order valence-electron chi connectivity index (χ4n) is 5.27. The summed E-state index contributed by atoms with van der Waals surface area (Å²) >= 11 is 0. The Labute approximate surface area is 208 Å². The van der Waals surface area contributed by atoms with Crippen LogP contribution >= 0.6 is 0 Å². The van der Waals surface area contributed by atoms with Crippen molar-refractivity contribution in [2.24, 2.45) is 4.99 Å². The Morgan fingerprint density at radius 1 is 1.25 bits per heavy atom. The number of alkyl halides is 3. The smallest absolute Gasteiger partial charge is 0.244 e. The first kappa shape index (κ1) is 24.5. The van der Waals surface area contributed by atoms with E-state index in [0.29, 0.717) is 43.2 Å². The van der Waals surface area contributed by atoms with Gasteiger partial charge in [-0.1, -0.05) is 6.07 Å². The van der Waals surface area contributed by atoms with Crippen LogP contribution in [0.5, 0.6) is 5.88 Å². The molecule has 4 heterocycles. The van der Waals surface area contributed by atoms with Crippen molar-refractivity contribution in [2.45, 2.75) is 57.2 Å². The maximum atomic E-state index is 14.6. The van der Waals surface area contributed by atoms with Gasteiger partial charge in [0.1, 0.15) is 11.7 Å². The molecular weight excluding hydrogens is 469 g/mol. The van der Waals surface area contributed by atoms with E-state index < -0.39 is 12.6 Å². The van der Waals surface area contributed by atoms with Gasteiger partial charge < -0.3 is 15.0 Å². The van der Waals surface area contributed by atoms with Gasteiger partial charge in [0.05, 0.1) is 18.8 Å². The zero-order valence-electron chi connectivity index (χ0n) is 20.7. The Morgan fingerprint density at radius 3 is 2.83 bits per heavy atom. The van der Waals surface area contributed by atoms with Crippen LogP contribution in [0.25, 0.3) is 16.6 Å². The van der Waals surface area contributed by atoms with E-state index in [0.717, 1.165) is 34.6 Å². The lowest BCUT2D eigenvalue weighted by Crippen LogP contribution is -2.46. The van der Waals surface area contributed by atoms with Gasteiger partial charge in [0.25, 0.3) is 0 Å². The van der Waals surface area contributed by atoms with Crippen LogP contribution in [0, 0.1) is 0 Å². The molecule has 7 nitrogen and oxygen atoms in total. The first-order valence-electron chi connectivity index (χ1n) is 12.3. The lowest BCUT2D eigenvalue weighted by atomic mass is 9.85. The highest BCUT2D eigenvalue weighted by Gasteiger charge is 2.29. The summed E-state index contributed by atoms with van der Waals surface area (Å²) in [6.07, 6.45) is 0.0798. The zero-order valence-corrected chi connectivity index (χ0v) is 20.7. The molecule has 0 saturated carbocycles. The van der Waals surface area contributed by atoms with E-state index in [2.05, 4.69) is 20.4 Å². The SMILES string of the molecule is COc1nc(N[C@@H]2CCN(C)C[C@@H]2F)nn2ccc(-c3ccc4c(c3)[C@H](CCC(F)F)CC(C)=N4)c12. The van der Waals surface area contributed by atoms with Gasteiger partial charge in [0.2, 0.25) is 18.3 Å². The van der Waals surface area contributed by atoms with Crippen molar-refractivity contribution in [3.05, 3.63) is 36.0 Å². The lowest BCUT2D eigenvalue weighted by molar-refractivity contribution is 0.132. The maximum absolute atomic E-state index is 14.6. The topological polar surface area (TPSA) is 67.0 Å². The second kappa shape index (κ2) is 10.1. The molecule has 0 unspecified atom stereocenters. The molecule has 5 rings (SSSR count). The highest BCUT2D eigenvalue weighted by molar-refractivity contribution is 5.90. The zero-order chi connectivity index (χ0) is 25.4. The van der Waals surface area contributed by atoms with Crippen LogP contribution < -0.4 is 10.1 Å². The van der Waals surface area contributed by atoms with Crippen LogP contribution in [0.15, 0.2) is 35.5 Å². The third-order valence-electron chi connectivity index (χ3n) is 7.10. The third kappa shape index (κ3) is 4.91. The number of nitrogens with one attached hydrogen (secondary N) is 1. The number of hydrogen-bond donors (Lipinski definition) is 1. The fraction of sp³-hybridized carbons (Fsp3) is 0.500. The summed E-state index contributed by atoms with van der Waals surface area (Å²) < 4.78 is 47.8. The van der Waals surface area contributed by atoms with Gasteiger partial charge in [-0.2, -0.15) is 4.98 Å². The highest BCUT2D eigenvalue weighted by atomic mass is 19.3. The molecule has 0 aliphatic carbocycles. The molecule has 3 atom stereocenters. The van der Waals surface area contributed by atoms with E-state index in [1.807, 2.05) is 49.3 Å². The Kier molecular flexibility index (Phi) is 6.87. The molecule has 10 heteroatoms. The molecule has 192 valence electrons. The summed E-state index contributed by atoms with van der Waals surface area (Å²) in [5, 5.41) is 7.71. The molecule has 3 aromatic rings. The van der Waals surface area contributed by atoms with Crippen LogP contribution in [0.4, 0.5) is 24.8 Å². The first-order chi connectivity index (χ1) is 17.3. The van der Waals surface area contributed by atoms with Gasteiger partial charge in [0, 0.05) is 37.0 Å². The van der Waals surface area contributed by atoms with E-state index in [9.17, 15) is 13.2 Å². The summed E-state index contributed by atoms with van der Waals surface area (Å²) in [7, 11) is 3.45. The second-order valence-corrected chi connectivity index (χ2v) is 9.78. The summed E-state index contributed by atoms with van der Waals surface area (Å²) in [5.41, 5.74) is 5.23. The monoisotopic (exact) mass is 500 g/mol. The van der Waals surface area contributed by atoms with E-state index in [1.165, 1.54) is 0 Å². The molecule has 2 aromatic heterocycles. The minimum atomic E-state index is -2.32. The number of piperidine rings is 1. The number of nitrogens with zero attached hydrogens (tertiary/aromatic N) is 5. The normalized spacial score (nSPS) is 22.5. The molecule has 0 radical (unpaired) electrons. The minimum absolute atomic E-state index is 0.00235. The van der Waals surface area contributed by atoms with Crippen LogP contribution in [-0.4, -0.2) is 71.1 Å². The van der Waals surface area contributed by atoms with Crippen LogP contribution in [-0.2, 0) is 0 Å². The van der Waals surface area contributed by atoms with Crippen molar-refractivity contribution in [1.82, 2.24) is 19.5 Å². The summed E-state index contributed by atoms with van der Waals surface area (Å²) in [5.74, 6) is 0.676. The number of fused-ring (bicyclic) bond motifs is 2. The Morgan fingerprint density at radius 2 is 2.08 bits per heavy atom. The van der Waals surface area contributed by atoms with Crippen LogP contribution in [0.1, 0.15) is 44.1 Å². The maximum Gasteiger partial charge on any atom is 0.244 e. The number of aliphatic imine (C=N–C) groups is 1. The van der Waals surface area contributed by atoms with E-state index >= 15 is 0 Å². The van der Waals surface area contributed by atoms with Crippen molar-refractivity contribution in [2.75, 3.05) is 32.6 Å². The van der Waals surface area contributed by atoms with Gasteiger partial charge in [0.15, 0.2) is 0 Å². The number of aromatic nitrogens is 3. The van der Waals surface area contributed by atoms with Crippen LogP contribution in [0.2, 0.25) is 0 Å². The van der Waals surface area contributed by atoms with Crippen molar-refractivity contribution < 1.29 is 17.9 Å². The summed E-state index contributed by atoms with van der Waals surface area (Å²) in [6.45, 7) is 3.11. The molecule has 1 aromatic carbocycles. The number of likely N-dealkylation sites (tertiary alicyclic amines) is 1. The predicted molar refractivity (Wildman–Crippen MR) is 135 cm³/mol. The molecule has 1 N–H and O–H groups in total. The molecular formula is C26H31F3N6O. The molecule has 0 amide bonds. The quantitative estimate of drug-likeness (QED) is 0.465. The molecule has 2 aliphatic rings. The Balaban J connectivity index is 1.48.